The first kappa shape index (κ1) is 13.5. The quantitative estimate of drug-likeness (QED) is 0.660. The van der Waals surface area contributed by atoms with Gasteiger partial charge in [-0.1, -0.05) is 19.4 Å². The van der Waals surface area contributed by atoms with Crippen molar-refractivity contribution < 1.29 is 14.7 Å². The van der Waals surface area contributed by atoms with Crippen LogP contribution in [-0.2, 0) is 4.79 Å². The Morgan fingerprint density at radius 1 is 1.27 bits per heavy atom. The van der Waals surface area contributed by atoms with E-state index < -0.39 is 18.0 Å². The summed E-state index contributed by atoms with van der Waals surface area (Å²) in [4.78, 5) is 21.6. The summed E-state index contributed by atoms with van der Waals surface area (Å²) in [6, 6.07) is -1.40. The number of hydrogen-bond donors (Lipinski definition) is 3. The summed E-state index contributed by atoms with van der Waals surface area (Å²) in [5.74, 6) is -0.711. The van der Waals surface area contributed by atoms with E-state index in [9.17, 15) is 9.59 Å². The molecule has 1 unspecified atom stereocenters. The molecule has 2 amide bonds. The molecule has 0 fully saturated rings. The first-order chi connectivity index (χ1) is 6.84. The molecule has 0 heterocycles. The third-order valence-electron chi connectivity index (χ3n) is 2.06. The van der Waals surface area contributed by atoms with Crippen molar-refractivity contribution in [2.45, 2.75) is 33.7 Å². The molecule has 0 aliphatic rings. The highest BCUT2D eigenvalue weighted by Crippen LogP contribution is 2.05. The highest BCUT2D eigenvalue weighted by molar-refractivity contribution is 5.82. The second kappa shape index (κ2) is 6.06. The standard InChI is InChI=1S/C10H18N2O3/c1-6(2)7(3)5-11-10(15)12-8(4)9(13)14/h5-6,8H,1-4H3,(H,13,14)(H2,11,12,15)/b7-5+. The summed E-state index contributed by atoms with van der Waals surface area (Å²) in [5, 5.41) is 13.3. The molecule has 0 saturated heterocycles. The van der Waals surface area contributed by atoms with E-state index in [0.717, 1.165) is 5.57 Å². The smallest absolute Gasteiger partial charge is 0.325 e. The second-order valence-electron chi connectivity index (χ2n) is 3.72. The molecule has 5 heteroatoms. The first-order valence-corrected chi connectivity index (χ1v) is 4.81. The molecule has 15 heavy (non-hydrogen) atoms. The Morgan fingerprint density at radius 2 is 1.80 bits per heavy atom. The highest BCUT2D eigenvalue weighted by atomic mass is 16.4. The van der Waals surface area contributed by atoms with E-state index in [4.69, 9.17) is 5.11 Å². The minimum atomic E-state index is -1.06. The van der Waals surface area contributed by atoms with E-state index >= 15 is 0 Å². The van der Waals surface area contributed by atoms with Gasteiger partial charge in [0.25, 0.3) is 0 Å². The molecule has 0 aromatic rings. The molecule has 0 aromatic heterocycles. The van der Waals surface area contributed by atoms with Gasteiger partial charge in [-0.2, -0.15) is 0 Å². The van der Waals surface area contributed by atoms with Gasteiger partial charge in [-0.25, -0.2) is 4.79 Å². The van der Waals surface area contributed by atoms with Crippen molar-refractivity contribution in [3.63, 3.8) is 0 Å². The van der Waals surface area contributed by atoms with Gasteiger partial charge in [0.05, 0.1) is 0 Å². The van der Waals surface area contributed by atoms with Crippen LogP contribution >= 0.6 is 0 Å². The SMILES string of the molecule is C/C(=C\NC(=O)NC(C)C(=O)O)C(C)C. The van der Waals surface area contributed by atoms with E-state index in [1.54, 1.807) is 6.20 Å². The maximum absolute atomic E-state index is 11.2. The van der Waals surface area contributed by atoms with Crippen LogP contribution in [0.3, 0.4) is 0 Å². The van der Waals surface area contributed by atoms with E-state index in [-0.39, 0.29) is 0 Å². The number of carbonyl (C=O) groups is 2. The Labute approximate surface area is 89.6 Å². The van der Waals surface area contributed by atoms with Crippen molar-refractivity contribution in [1.29, 1.82) is 0 Å². The molecule has 0 spiro atoms. The fourth-order valence-corrected chi connectivity index (χ4v) is 0.646. The number of carboxylic acids is 1. The third-order valence-corrected chi connectivity index (χ3v) is 2.06. The lowest BCUT2D eigenvalue weighted by atomic mass is 10.1. The Balaban J connectivity index is 4.06. The van der Waals surface area contributed by atoms with Crippen molar-refractivity contribution in [3.8, 4) is 0 Å². The van der Waals surface area contributed by atoms with Crippen LogP contribution in [0.1, 0.15) is 27.7 Å². The molecule has 0 aliphatic carbocycles. The number of carboxylic acid groups (broad SMARTS) is 1. The normalized spacial score (nSPS) is 13.5. The minimum Gasteiger partial charge on any atom is -0.480 e. The van der Waals surface area contributed by atoms with Crippen LogP contribution in [0.5, 0.6) is 0 Å². The summed E-state index contributed by atoms with van der Waals surface area (Å²) in [6.07, 6.45) is 1.58. The highest BCUT2D eigenvalue weighted by Gasteiger charge is 2.12. The van der Waals surface area contributed by atoms with Gasteiger partial charge in [-0.05, 0) is 19.8 Å². The van der Waals surface area contributed by atoms with Crippen LogP contribution in [0.2, 0.25) is 0 Å². The number of carbonyl (C=O) groups excluding carboxylic acids is 1. The first-order valence-electron chi connectivity index (χ1n) is 4.81. The number of hydrogen-bond acceptors (Lipinski definition) is 2. The summed E-state index contributed by atoms with van der Waals surface area (Å²) in [5.41, 5.74) is 1.02. The summed E-state index contributed by atoms with van der Waals surface area (Å²) >= 11 is 0. The number of rotatable bonds is 4. The topological polar surface area (TPSA) is 78.4 Å². The van der Waals surface area contributed by atoms with E-state index in [0.29, 0.717) is 5.92 Å². The van der Waals surface area contributed by atoms with Crippen LogP contribution in [0.15, 0.2) is 11.8 Å². The van der Waals surface area contributed by atoms with E-state index in [1.807, 2.05) is 20.8 Å². The fourth-order valence-electron chi connectivity index (χ4n) is 0.646. The summed E-state index contributed by atoms with van der Waals surface area (Å²) < 4.78 is 0. The third kappa shape index (κ3) is 5.72. The molecule has 0 saturated carbocycles. The van der Waals surface area contributed by atoms with Crippen LogP contribution in [-0.4, -0.2) is 23.1 Å². The van der Waals surface area contributed by atoms with Crippen LogP contribution in [0, 0.1) is 5.92 Å². The zero-order valence-corrected chi connectivity index (χ0v) is 9.50. The lowest BCUT2D eigenvalue weighted by Gasteiger charge is -2.10. The van der Waals surface area contributed by atoms with Gasteiger partial charge in [0.15, 0.2) is 0 Å². The maximum Gasteiger partial charge on any atom is 0.325 e. The maximum atomic E-state index is 11.2. The Morgan fingerprint density at radius 3 is 2.20 bits per heavy atom. The van der Waals surface area contributed by atoms with Crippen molar-refractivity contribution in [2.24, 2.45) is 5.92 Å². The Kier molecular flexibility index (Phi) is 5.44. The Bertz CT molecular complexity index is 272. The minimum absolute atomic E-state index is 0.349. The predicted octanol–water partition coefficient (Wildman–Crippen LogP) is 1.32. The summed E-state index contributed by atoms with van der Waals surface area (Å²) in [7, 11) is 0. The molecular formula is C10H18N2O3. The molecule has 1 atom stereocenters. The van der Waals surface area contributed by atoms with E-state index in [1.165, 1.54) is 6.92 Å². The molecule has 0 bridgehead atoms. The largest absolute Gasteiger partial charge is 0.480 e. The van der Waals surface area contributed by atoms with Crippen LogP contribution in [0.4, 0.5) is 4.79 Å². The predicted molar refractivity (Wildman–Crippen MR) is 57.4 cm³/mol. The Hall–Kier alpha value is -1.52. The molecule has 0 radical (unpaired) electrons. The molecule has 3 N–H and O–H groups in total. The fraction of sp³-hybridized carbons (Fsp3) is 0.600. The van der Waals surface area contributed by atoms with Crippen LogP contribution < -0.4 is 10.6 Å². The van der Waals surface area contributed by atoms with Gasteiger partial charge in [0, 0.05) is 6.20 Å². The molecule has 86 valence electrons. The van der Waals surface area contributed by atoms with E-state index in [2.05, 4.69) is 10.6 Å². The number of allylic oxidation sites excluding steroid dienone is 1. The van der Waals surface area contributed by atoms with Gasteiger partial charge < -0.3 is 15.7 Å². The molecule has 0 aromatic carbocycles. The average molecular weight is 214 g/mol. The number of amides is 2. The van der Waals surface area contributed by atoms with Crippen molar-refractivity contribution in [2.75, 3.05) is 0 Å². The molecule has 0 rings (SSSR count). The molecule has 0 aliphatic heterocycles. The zero-order chi connectivity index (χ0) is 12.0. The van der Waals surface area contributed by atoms with Crippen molar-refractivity contribution >= 4 is 12.0 Å². The molecule has 5 nitrogen and oxygen atoms in total. The lowest BCUT2D eigenvalue weighted by Crippen LogP contribution is -2.42. The van der Waals surface area contributed by atoms with Crippen molar-refractivity contribution in [3.05, 3.63) is 11.8 Å². The van der Waals surface area contributed by atoms with Gasteiger partial charge in [0.2, 0.25) is 0 Å². The molecular weight excluding hydrogens is 196 g/mol. The summed E-state index contributed by atoms with van der Waals surface area (Å²) in [6.45, 7) is 7.31. The zero-order valence-electron chi connectivity index (χ0n) is 9.50. The second-order valence-corrected chi connectivity index (χ2v) is 3.72. The van der Waals surface area contributed by atoms with Crippen molar-refractivity contribution in [1.82, 2.24) is 10.6 Å². The number of urea groups is 1. The lowest BCUT2D eigenvalue weighted by molar-refractivity contribution is -0.138. The number of nitrogens with one attached hydrogen (secondary N) is 2. The monoisotopic (exact) mass is 214 g/mol. The van der Waals surface area contributed by atoms with Crippen LogP contribution in [0.25, 0.3) is 0 Å². The van der Waals surface area contributed by atoms with Gasteiger partial charge in [0.1, 0.15) is 6.04 Å². The van der Waals surface area contributed by atoms with Gasteiger partial charge in [-0.15, -0.1) is 0 Å². The number of aliphatic carboxylic acids is 1. The van der Waals surface area contributed by atoms with Gasteiger partial charge in [-0.3, -0.25) is 4.79 Å². The van der Waals surface area contributed by atoms with Gasteiger partial charge >= 0.3 is 12.0 Å². The average Bonchev–Trinajstić information content (AvgIpc) is 2.13.